The van der Waals surface area contributed by atoms with E-state index in [1.165, 1.54) is 12.1 Å². The number of imidazole rings is 1. The Morgan fingerprint density at radius 1 is 1.00 bits per heavy atom. The predicted octanol–water partition coefficient (Wildman–Crippen LogP) is 4.14. The van der Waals surface area contributed by atoms with Gasteiger partial charge in [-0.25, -0.2) is 13.4 Å². The fourth-order valence-electron chi connectivity index (χ4n) is 3.88. The molecule has 0 saturated heterocycles. The van der Waals surface area contributed by atoms with Crippen LogP contribution in [-0.2, 0) is 23.0 Å². The largest absolute Gasteiger partial charge is 0.352 e. The Bertz CT molecular complexity index is 1380. The summed E-state index contributed by atoms with van der Waals surface area (Å²) >= 11 is 0. The summed E-state index contributed by atoms with van der Waals surface area (Å²) in [5, 5.41) is 2.96. The van der Waals surface area contributed by atoms with Gasteiger partial charge >= 0.3 is 0 Å². The van der Waals surface area contributed by atoms with Gasteiger partial charge in [-0.3, -0.25) is 9.52 Å². The van der Waals surface area contributed by atoms with E-state index in [0.717, 1.165) is 11.4 Å². The van der Waals surface area contributed by atoms with E-state index in [0.29, 0.717) is 41.8 Å². The zero-order chi connectivity index (χ0) is 23.4. The van der Waals surface area contributed by atoms with Crippen LogP contribution in [0.2, 0.25) is 0 Å². The third kappa shape index (κ3) is 4.90. The summed E-state index contributed by atoms with van der Waals surface area (Å²) in [6.45, 7) is 4.96. The number of fused-ring (bicyclic) bond motifs is 1. The Kier molecular flexibility index (Phi) is 6.46. The average molecular weight is 463 g/mol. The molecule has 0 spiro atoms. The zero-order valence-corrected chi connectivity index (χ0v) is 19.4. The molecule has 0 aliphatic rings. The lowest BCUT2D eigenvalue weighted by molar-refractivity contribution is 0.0955. The molecular weight excluding hydrogens is 436 g/mol. The van der Waals surface area contributed by atoms with Gasteiger partial charge in [-0.1, -0.05) is 48.5 Å². The lowest BCUT2D eigenvalue weighted by Gasteiger charge is -2.13. The average Bonchev–Trinajstić information content (AvgIpc) is 3.14. The lowest BCUT2D eigenvalue weighted by atomic mass is 10.1. The number of hydrogen-bond donors (Lipinski definition) is 2. The first-order valence-electron chi connectivity index (χ1n) is 10.8. The fourth-order valence-corrected chi connectivity index (χ4v) is 4.94. The molecule has 1 aromatic heterocycles. The van der Waals surface area contributed by atoms with Gasteiger partial charge in [-0.15, -0.1) is 0 Å². The van der Waals surface area contributed by atoms with Crippen LogP contribution in [0.15, 0.2) is 77.7 Å². The van der Waals surface area contributed by atoms with Crippen LogP contribution in [0.5, 0.6) is 0 Å². The van der Waals surface area contributed by atoms with E-state index < -0.39 is 10.0 Å². The van der Waals surface area contributed by atoms with Crippen LogP contribution < -0.4 is 10.0 Å². The lowest BCUT2D eigenvalue weighted by Crippen LogP contribution is -2.26. The van der Waals surface area contributed by atoms with Crippen molar-refractivity contribution in [3.8, 4) is 0 Å². The summed E-state index contributed by atoms with van der Waals surface area (Å²) in [7, 11) is -3.80. The molecule has 8 heteroatoms. The van der Waals surface area contributed by atoms with Crippen molar-refractivity contribution in [2.45, 2.75) is 31.7 Å². The van der Waals surface area contributed by atoms with Crippen LogP contribution in [0, 0.1) is 6.92 Å². The van der Waals surface area contributed by atoms with Gasteiger partial charge in [0.15, 0.2) is 0 Å². The van der Waals surface area contributed by atoms with Gasteiger partial charge < -0.3 is 9.88 Å². The summed E-state index contributed by atoms with van der Waals surface area (Å²) in [6, 6.07) is 21.3. The van der Waals surface area contributed by atoms with E-state index in [1.807, 2.05) is 48.7 Å². The number of carbonyl (C=O) groups excluding carboxylic acids is 1. The molecule has 1 heterocycles. The summed E-state index contributed by atoms with van der Waals surface area (Å²) in [6.07, 6.45) is 0.697. The van der Waals surface area contributed by atoms with Gasteiger partial charge in [0.2, 0.25) is 0 Å². The molecule has 0 unspecified atom stereocenters. The van der Waals surface area contributed by atoms with Crippen molar-refractivity contribution < 1.29 is 13.2 Å². The number of anilines is 1. The number of aryl methyl sites for hydroxylation is 2. The highest BCUT2D eigenvalue weighted by molar-refractivity contribution is 7.92. The van der Waals surface area contributed by atoms with Gasteiger partial charge in [-0.2, -0.15) is 0 Å². The van der Waals surface area contributed by atoms with Gasteiger partial charge in [0, 0.05) is 13.1 Å². The third-order valence-corrected chi connectivity index (χ3v) is 6.84. The summed E-state index contributed by atoms with van der Waals surface area (Å²) < 4.78 is 30.2. The maximum absolute atomic E-state index is 13.2. The summed E-state index contributed by atoms with van der Waals surface area (Å²) in [5.74, 6) is 0.486. The molecule has 0 aliphatic heterocycles. The van der Waals surface area contributed by atoms with E-state index in [9.17, 15) is 13.2 Å². The second kappa shape index (κ2) is 9.46. The number of amides is 1. The maximum atomic E-state index is 13.2. The first-order valence-corrected chi connectivity index (χ1v) is 12.3. The standard InChI is InChI=1S/C25H26N4O3S/c1-3-29-18(2)27-23-17-20(28-33(31,32)21-12-8-5-9-13-21)16-22(24(23)29)25(30)26-15-14-19-10-6-4-7-11-19/h4-13,16-17,28H,3,14-15H2,1-2H3,(H,26,30). The van der Waals surface area contributed by atoms with Gasteiger partial charge in [0.1, 0.15) is 5.82 Å². The summed E-state index contributed by atoms with van der Waals surface area (Å²) in [4.78, 5) is 17.9. The smallest absolute Gasteiger partial charge is 0.261 e. The fraction of sp³-hybridized carbons (Fsp3) is 0.200. The molecule has 0 saturated carbocycles. The Morgan fingerprint density at radius 2 is 1.67 bits per heavy atom. The molecule has 7 nitrogen and oxygen atoms in total. The summed E-state index contributed by atoms with van der Waals surface area (Å²) in [5.41, 5.74) is 3.06. The molecule has 33 heavy (non-hydrogen) atoms. The molecule has 0 fully saturated rings. The van der Waals surface area contributed by atoms with Crippen molar-refractivity contribution in [3.05, 3.63) is 89.7 Å². The molecule has 2 N–H and O–H groups in total. The molecule has 0 atom stereocenters. The van der Waals surface area contributed by atoms with Crippen molar-refractivity contribution in [1.82, 2.24) is 14.9 Å². The molecule has 0 aliphatic carbocycles. The number of rotatable bonds is 8. The van der Waals surface area contributed by atoms with E-state index in [2.05, 4.69) is 15.0 Å². The van der Waals surface area contributed by atoms with Gasteiger partial charge in [-0.05, 0) is 50.1 Å². The molecular formula is C25H26N4O3S. The highest BCUT2D eigenvalue weighted by Crippen LogP contribution is 2.27. The molecule has 1 amide bonds. The molecule has 0 radical (unpaired) electrons. The van der Waals surface area contributed by atoms with Gasteiger partial charge in [0.25, 0.3) is 15.9 Å². The van der Waals surface area contributed by atoms with Crippen molar-refractivity contribution in [2.24, 2.45) is 0 Å². The van der Waals surface area contributed by atoms with Crippen LogP contribution in [0.4, 0.5) is 5.69 Å². The zero-order valence-electron chi connectivity index (χ0n) is 18.6. The number of nitrogens with zero attached hydrogens (tertiary/aromatic N) is 2. The molecule has 3 aromatic carbocycles. The van der Waals surface area contributed by atoms with Crippen molar-refractivity contribution in [2.75, 3.05) is 11.3 Å². The van der Waals surface area contributed by atoms with Crippen LogP contribution in [-0.4, -0.2) is 30.4 Å². The first kappa shape index (κ1) is 22.5. The number of carbonyl (C=O) groups is 1. The number of nitrogens with one attached hydrogen (secondary N) is 2. The second-order valence-electron chi connectivity index (χ2n) is 7.70. The molecule has 4 aromatic rings. The van der Waals surface area contributed by atoms with Crippen molar-refractivity contribution in [3.63, 3.8) is 0 Å². The third-order valence-electron chi connectivity index (χ3n) is 5.44. The van der Waals surface area contributed by atoms with Crippen molar-refractivity contribution >= 4 is 32.7 Å². The maximum Gasteiger partial charge on any atom is 0.261 e. The highest BCUT2D eigenvalue weighted by atomic mass is 32.2. The van der Waals surface area contributed by atoms with Crippen LogP contribution >= 0.6 is 0 Å². The van der Waals surface area contributed by atoms with Crippen LogP contribution in [0.3, 0.4) is 0 Å². The van der Waals surface area contributed by atoms with E-state index in [1.54, 1.807) is 30.3 Å². The number of sulfonamides is 1. The van der Waals surface area contributed by atoms with Crippen LogP contribution in [0.1, 0.15) is 28.7 Å². The molecule has 0 bridgehead atoms. The number of hydrogen-bond acceptors (Lipinski definition) is 4. The van der Waals surface area contributed by atoms with Crippen molar-refractivity contribution in [1.29, 1.82) is 0 Å². The Balaban J connectivity index is 1.67. The monoisotopic (exact) mass is 462 g/mol. The normalized spacial score (nSPS) is 11.5. The van der Waals surface area contributed by atoms with E-state index in [4.69, 9.17) is 0 Å². The van der Waals surface area contributed by atoms with Crippen LogP contribution in [0.25, 0.3) is 11.0 Å². The molecule has 170 valence electrons. The highest BCUT2D eigenvalue weighted by Gasteiger charge is 2.20. The minimum Gasteiger partial charge on any atom is -0.352 e. The van der Waals surface area contributed by atoms with E-state index in [-0.39, 0.29) is 10.8 Å². The SMILES string of the molecule is CCn1c(C)nc2cc(NS(=O)(=O)c3ccccc3)cc(C(=O)NCCc3ccccc3)c21. The minimum atomic E-state index is -3.80. The quantitative estimate of drug-likeness (QED) is 0.412. The second-order valence-corrected chi connectivity index (χ2v) is 9.39. The Labute approximate surface area is 193 Å². The van der Waals surface area contributed by atoms with E-state index >= 15 is 0 Å². The minimum absolute atomic E-state index is 0.147. The first-order chi connectivity index (χ1) is 15.9. The Hall–Kier alpha value is -3.65. The number of aromatic nitrogens is 2. The van der Waals surface area contributed by atoms with Gasteiger partial charge in [0.05, 0.1) is 27.2 Å². The number of benzene rings is 3. The predicted molar refractivity (Wildman–Crippen MR) is 130 cm³/mol. The Morgan fingerprint density at radius 3 is 2.33 bits per heavy atom. The topological polar surface area (TPSA) is 93.1 Å². The molecule has 4 rings (SSSR count).